The van der Waals surface area contributed by atoms with Crippen LogP contribution in [-0.2, 0) is 6.42 Å². The molecule has 112 valence electrons. The van der Waals surface area contributed by atoms with E-state index in [2.05, 4.69) is 4.98 Å². The van der Waals surface area contributed by atoms with E-state index in [1.165, 1.54) is 24.4 Å². The number of fused-ring (bicyclic) bond motifs is 1. The van der Waals surface area contributed by atoms with Crippen molar-refractivity contribution in [3.05, 3.63) is 62.9 Å². The second-order valence-electron chi connectivity index (χ2n) is 5.17. The Balaban J connectivity index is 2.00. The van der Waals surface area contributed by atoms with Crippen LogP contribution in [0.5, 0.6) is 0 Å². The van der Waals surface area contributed by atoms with Crippen molar-refractivity contribution in [2.45, 2.75) is 19.4 Å². The van der Waals surface area contributed by atoms with E-state index in [-0.39, 0.29) is 22.8 Å². The van der Waals surface area contributed by atoms with Gasteiger partial charge in [-0.15, -0.1) is 0 Å². The third-order valence-electron chi connectivity index (χ3n) is 3.68. The van der Waals surface area contributed by atoms with Crippen LogP contribution in [0, 0.1) is 10.1 Å². The molecule has 1 amide bonds. The van der Waals surface area contributed by atoms with Crippen molar-refractivity contribution < 1.29 is 9.72 Å². The summed E-state index contributed by atoms with van der Waals surface area (Å²) in [5.74, 6) is -0.190. The van der Waals surface area contributed by atoms with E-state index in [0.29, 0.717) is 17.7 Å². The molecule has 2 heterocycles. The van der Waals surface area contributed by atoms with Crippen molar-refractivity contribution in [3.63, 3.8) is 0 Å². The second-order valence-corrected chi connectivity index (χ2v) is 5.55. The number of nitro groups is 1. The van der Waals surface area contributed by atoms with Gasteiger partial charge in [-0.05, 0) is 37.1 Å². The first kappa shape index (κ1) is 14.5. The highest BCUT2D eigenvalue weighted by Crippen LogP contribution is 2.35. The van der Waals surface area contributed by atoms with E-state index in [1.807, 2.05) is 6.92 Å². The number of halogens is 1. The standard InChI is InChI=1S/C15H12ClN3O3/c1-9-6-11-7-12(19(21)22)2-3-13(11)18(9)15(20)10-4-5-17-14(16)8-10/h2-5,7-9H,6H2,1H3/t9-/m0/s1. The number of pyridine rings is 1. The van der Waals surface area contributed by atoms with Gasteiger partial charge in [0.15, 0.2) is 0 Å². The molecule has 0 saturated carbocycles. The van der Waals surface area contributed by atoms with E-state index in [9.17, 15) is 14.9 Å². The van der Waals surface area contributed by atoms with E-state index >= 15 is 0 Å². The van der Waals surface area contributed by atoms with Crippen LogP contribution in [0.1, 0.15) is 22.8 Å². The maximum atomic E-state index is 12.7. The van der Waals surface area contributed by atoms with Crippen molar-refractivity contribution in [2.75, 3.05) is 4.90 Å². The summed E-state index contributed by atoms with van der Waals surface area (Å²) in [5, 5.41) is 11.1. The van der Waals surface area contributed by atoms with E-state index < -0.39 is 4.92 Å². The fraction of sp³-hybridized carbons (Fsp3) is 0.200. The second kappa shape index (κ2) is 5.38. The SMILES string of the molecule is C[C@H]1Cc2cc([N+](=O)[O-])ccc2N1C(=O)c1ccnc(Cl)c1. The van der Waals surface area contributed by atoms with Crippen molar-refractivity contribution in [1.29, 1.82) is 0 Å². The number of non-ortho nitro benzene ring substituents is 1. The Morgan fingerprint density at radius 3 is 2.86 bits per heavy atom. The highest BCUT2D eigenvalue weighted by molar-refractivity contribution is 6.29. The largest absolute Gasteiger partial charge is 0.305 e. The van der Waals surface area contributed by atoms with Gasteiger partial charge in [-0.25, -0.2) is 4.98 Å². The normalized spacial score (nSPS) is 16.5. The van der Waals surface area contributed by atoms with Gasteiger partial charge in [-0.2, -0.15) is 0 Å². The van der Waals surface area contributed by atoms with Gasteiger partial charge >= 0.3 is 0 Å². The fourth-order valence-corrected chi connectivity index (χ4v) is 2.89. The summed E-state index contributed by atoms with van der Waals surface area (Å²) < 4.78 is 0. The Hall–Kier alpha value is -2.47. The predicted molar refractivity (Wildman–Crippen MR) is 82.3 cm³/mol. The molecular weight excluding hydrogens is 306 g/mol. The molecule has 0 radical (unpaired) electrons. The molecule has 0 bridgehead atoms. The van der Waals surface area contributed by atoms with Crippen LogP contribution >= 0.6 is 11.6 Å². The fourth-order valence-electron chi connectivity index (χ4n) is 2.72. The van der Waals surface area contributed by atoms with Crippen LogP contribution in [0.3, 0.4) is 0 Å². The van der Waals surface area contributed by atoms with Crippen LogP contribution in [0.2, 0.25) is 5.15 Å². The summed E-state index contributed by atoms with van der Waals surface area (Å²) in [6.07, 6.45) is 2.06. The zero-order valence-electron chi connectivity index (χ0n) is 11.7. The van der Waals surface area contributed by atoms with Gasteiger partial charge in [0.1, 0.15) is 5.15 Å². The highest BCUT2D eigenvalue weighted by atomic mass is 35.5. The molecular formula is C15H12ClN3O3. The van der Waals surface area contributed by atoms with Crippen molar-refractivity contribution in [3.8, 4) is 0 Å². The molecule has 22 heavy (non-hydrogen) atoms. The summed E-state index contributed by atoms with van der Waals surface area (Å²) in [7, 11) is 0. The van der Waals surface area contributed by atoms with Crippen LogP contribution in [0.15, 0.2) is 36.5 Å². The van der Waals surface area contributed by atoms with Gasteiger partial charge in [0, 0.05) is 35.6 Å². The monoisotopic (exact) mass is 317 g/mol. The van der Waals surface area contributed by atoms with Crippen molar-refractivity contribution in [2.24, 2.45) is 0 Å². The topological polar surface area (TPSA) is 76.3 Å². The molecule has 0 aliphatic carbocycles. The average Bonchev–Trinajstić information content (AvgIpc) is 2.81. The lowest BCUT2D eigenvalue weighted by atomic mass is 10.1. The first-order valence-corrected chi connectivity index (χ1v) is 7.07. The van der Waals surface area contributed by atoms with Gasteiger partial charge in [-0.3, -0.25) is 14.9 Å². The lowest BCUT2D eigenvalue weighted by molar-refractivity contribution is -0.384. The number of hydrogen-bond donors (Lipinski definition) is 0. The minimum Gasteiger partial charge on any atom is -0.305 e. The molecule has 0 saturated heterocycles. The minimum absolute atomic E-state index is 0.0344. The van der Waals surface area contributed by atoms with Gasteiger partial charge in [0.25, 0.3) is 11.6 Å². The smallest absolute Gasteiger partial charge is 0.269 e. The van der Waals surface area contributed by atoms with Crippen molar-refractivity contribution >= 4 is 28.9 Å². The molecule has 1 aliphatic rings. The van der Waals surface area contributed by atoms with Crippen LogP contribution in [0.25, 0.3) is 0 Å². The van der Waals surface area contributed by atoms with Crippen LogP contribution in [-0.4, -0.2) is 21.9 Å². The zero-order valence-corrected chi connectivity index (χ0v) is 12.4. The molecule has 7 heteroatoms. The number of aromatic nitrogens is 1. The number of nitro benzene ring substituents is 1. The zero-order chi connectivity index (χ0) is 15.9. The lowest BCUT2D eigenvalue weighted by Gasteiger charge is -2.22. The maximum Gasteiger partial charge on any atom is 0.269 e. The molecule has 2 aromatic rings. The number of carbonyl (C=O) groups excluding carboxylic acids is 1. The van der Waals surface area contributed by atoms with E-state index in [0.717, 1.165) is 5.56 Å². The Kier molecular flexibility index (Phi) is 3.54. The number of benzene rings is 1. The number of carbonyl (C=O) groups is 1. The number of nitrogens with zero attached hydrogens (tertiary/aromatic N) is 3. The quantitative estimate of drug-likeness (QED) is 0.484. The van der Waals surface area contributed by atoms with Gasteiger partial charge < -0.3 is 4.90 Å². The molecule has 6 nitrogen and oxygen atoms in total. The molecule has 0 unspecified atom stereocenters. The van der Waals surface area contributed by atoms with Gasteiger partial charge in [0.2, 0.25) is 0 Å². The summed E-state index contributed by atoms with van der Waals surface area (Å²) in [6.45, 7) is 1.91. The summed E-state index contributed by atoms with van der Waals surface area (Å²) in [5.41, 5.74) is 1.98. The number of rotatable bonds is 2. The molecule has 0 fully saturated rings. The average molecular weight is 318 g/mol. The highest BCUT2D eigenvalue weighted by Gasteiger charge is 2.32. The summed E-state index contributed by atoms with van der Waals surface area (Å²) in [4.78, 5) is 28.6. The van der Waals surface area contributed by atoms with E-state index in [1.54, 1.807) is 17.0 Å². The molecule has 1 aromatic heterocycles. The Morgan fingerprint density at radius 2 is 2.18 bits per heavy atom. The number of hydrogen-bond acceptors (Lipinski definition) is 4. The van der Waals surface area contributed by atoms with Gasteiger partial charge in [-0.1, -0.05) is 11.6 Å². The molecule has 3 rings (SSSR count). The Morgan fingerprint density at radius 1 is 1.41 bits per heavy atom. The molecule has 0 spiro atoms. The third-order valence-corrected chi connectivity index (χ3v) is 3.89. The maximum absolute atomic E-state index is 12.7. The predicted octanol–water partition coefficient (Wildman–Crippen LogP) is 3.23. The first-order chi connectivity index (χ1) is 10.5. The summed E-state index contributed by atoms with van der Waals surface area (Å²) >= 11 is 5.83. The summed E-state index contributed by atoms with van der Waals surface area (Å²) in [6, 6.07) is 7.61. The van der Waals surface area contributed by atoms with Gasteiger partial charge in [0.05, 0.1) is 4.92 Å². The van der Waals surface area contributed by atoms with Crippen LogP contribution in [0.4, 0.5) is 11.4 Å². The molecule has 1 atom stereocenters. The van der Waals surface area contributed by atoms with E-state index in [4.69, 9.17) is 11.6 Å². The third kappa shape index (κ3) is 2.42. The molecule has 0 N–H and O–H groups in total. The number of amides is 1. The number of anilines is 1. The van der Waals surface area contributed by atoms with Crippen LogP contribution < -0.4 is 4.90 Å². The van der Waals surface area contributed by atoms with Crippen molar-refractivity contribution in [1.82, 2.24) is 4.98 Å². The first-order valence-electron chi connectivity index (χ1n) is 6.70. The Bertz CT molecular complexity index is 778. The minimum atomic E-state index is -0.432. The molecule has 1 aromatic carbocycles. The lowest BCUT2D eigenvalue weighted by Crippen LogP contribution is -2.35. The molecule has 1 aliphatic heterocycles. The Labute approximate surface area is 131 Å².